The number of nitrogens with one attached hydrogen (secondary N) is 2. The molecule has 16 heteroatoms. The highest BCUT2D eigenvalue weighted by atomic mass is 32.1. The normalized spacial score (nSPS) is 30.2. The van der Waals surface area contributed by atoms with Crippen LogP contribution in [0.2, 0.25) is 0 Å². The number of halogens is 1. The molecule has 0 bridgehead atoms. The number of hydrogen-bond acceptors (Lipinski definition) is 11. The van der Waals surface area contributed by atoms with Crippen molar-refractivity contribution in [3.8, 4) is 0 Å². The van der Waals surface area contributed by atoms with E-state index in [1.165, 1.54) is 10.8 Å². The molecule has 2 fully saturated rings. The van der Waals surface area contributed by atoms with Crippen molar-refractivity contribution in [1.82, 2.24) is 19.1 Å². The summed E-state index contributed by atoms with van der Waals surface area (Å²) < 4.78 is 25.3. The van der Waals surface area contributed by atoms with Crippen molar-refractivity contribution in [1.29, 1.82) is 0 Å². The van der Waals surface area contributed by atoms with Gasteiger partial charge in [-0.2, -0.15) is 0 Å². The zero-order chi connectivity index (χ0) is 26.0. The fraction of sp³-hybridized carbons (Fsp3) is 0.579. The summed E-state index contributed by atoms with van der Waals surface area (Å²) >= 11 is 4.54. The van der Waals surface area contributed by atoms with E-state index in [4.69, 9.17) is 19.7 Å². The third kappa shape index (κ3) is 5.65. The number of ether oxygens (including phenoxy) is 2. The van der Waals surface area contributed by atoms with Crippen LogP contribution < -0.4 is 16.9 Å². The van der Waals surface area contributed by atoms with Gasteiger partial charge in [-0.1, -0.05) is 12.2 Å². The highest BCUT2D eigenvalue weighted by molar-refractivity contribution is 7.71. The Morgan fingerprint density at radius 1 is 1.00 bits per heavy atom. The SMILES string of the molecule is Cc1cn([C@H]2CC(O)[C@@H](CO)O2)c(=O)[nH]c1=O.O=c1[nH]c(=S)c(F)cn1[C@@H]1O[C@H](CO)C(O)[C@@H]1O. The van der Waals surface area contributed by atoms with Gasteiger partial charge in [0.25, 0.3) is 5.56 Å². The third-order valence-corrected chi connectivity index (χ3v) is 5.85. The first-order valence-electron chi connectivity index (χ1n) is 10.4. The molecule has 7 atom stereocenters. The van der Waals surface area contributed by atoms with E-state index in [2.05, 4.69) is 22.2 Å². The van der Waals surface area contributed by atoms with E-state index in [0.717, 1.165) is 10.8 Å². The molecule has 0 amide bonds. The maximum Gasteiger partial charge on any atom is 0.330 e. The Morgan fingerprint density at radius 2 is 1.63 bits per heavy atom. The molecule has 0 radical (unpaired) electrons. The fourth-order valence-electron chi connectivity index (χ4n) is 3.61. The summed E-state index contributed by atoms with van der Waals surface area (Å²) in [6, 6.07) is 0. The maximum atomic E-state index is 13.3. The van der Waals surface area contributed by atoms with Crippen LogP contribution in [0.25, 0.3) is 0 Å². The first-order valence-corrected chi connectivity index (χ1v) is 10.8. The van der Waals surface area contributed by atoms with Gasteiger partial charge in [-0.15, -0.1) is 0 Å². The molecule has 2 aliphatic rings. The van der Waals surface area contributed by atoms with Gasteiger partial charge in [0.2, 0.25) is 0 Å². The summed E-state index contributed by atoms with van der Waals surface area (Å²) in [4.78, 5) is 38.5. The summed E-state index contributed by atoms with van der Waals surface area (Å²) in [5.74, 6) is -0.859. The fourth-order valence-corrected chi connectivity index (χ4v) is 3.75. The Kier molecular flexibility index (Phi) is 8.50. The molecular weight excluding hydrogens is 495 g/mol. The zero-order valence-corrected chi connectivity index (χ0v) is 19.1. The molecule has 0 aromatic carbocycles. The third-order valence-electron chi connectivity index (χ3n) is 5.56. The molecule has 2 aromatic heterocycles. The molecule has 4 rings (SSSR count). The summed E-state index contributed by atoms with van der Waals surface area (Å²) in [7, 11) is 0. The van der Waals surface area contributed by atoms with Crippen molar-refractivity contribution >= 4 is 12.2 Å². The van der Waals surface area contributed by atoms with Crippen LogP contribution in [0, 0.1) is 17.4 Å². The van der Waals surface area contributed by atoms with Crippen LogP contribution in [0.3, 0.4) is 0 Å². The number of aromatic amines is 2. The lowest BCUT2D eigenvalue weighted by Crippen LogP contribution is -2.36. The van der Waals surface area contributed by atoms with Crippen molar-refractivity contribution in [2.24, 2.45) is 0 Å². The van der Waals surface area contributed by atoms with Gasteiger partial charge in [-0.3, -0.25) is 23.9 Å². The Hall–Kier alpha value is -2.57. The minimum absolute atomic E-state index is 0.205. The van der Waals surface area contributed by atoms with E-state index < -0.39 is 72.3 Å². The number of nitrogens with zero attached hydrogens (tertiary/aromatic N) is 2. The number of rotatable bonds is 4. The number of aliphatic hydroxyl groups is 5. The number of aliphatic hydroxyl groups excluding tert-OH is 5. The molecule has 0 saturated carbocycles. The van der Waals surface area contributed by atoms with Crippen molar-refractivity contribution in [3.63, 3.8) is 0 Å². The van der Waals surface area contributed by atoms with Crippen LogP contribution in [0.1, 0.15) is 24.4 Å². The van der Waals surface area contributed by atoms with Crippen LogP contribution >= 0.6 is 12.2 Å². The monoisotopic (exact) mass is 520 g/mol. The molecular formula is C19H25FN4O10S. The number of H-pyrrole nitrogens is 2. The van der Waals surface area contributed by atoms with Gasteiger partial charge in [0, 0.05) is 18.2 Å². The molecule has 2 unspecified atom stereocenters. The Balaban J connectivity index is 0.000000196. The number of aryl methyl sites for hydroxylation is 1. The lowest BCUT2D eigenvalue weighted by molar-refractivity contribution is -0.0554. The van der Waals surface area contributed by atoms with Gasteiger partial charge < -0.3 is 35.0 Å². The molecule has 2 aromatic rings. The van der Waals surface area contributed by atoms with Crippen LogP contribution in [-0.2, 0) is 9.47 Å². The molecule has 4 heterocycles. The molecule has 35 heavy (non-hydrogen) atoms. The summed E-state index contributed by atoms with van der Waals surface area (Å²) in [6.45, 7) is 0.729. The van der Waals surface area contributed by atoms with Gasteiger partial charge in [-0.25, -0.2) is 14.0 Å². The second-order valence-corrected chi connectivity index (χ2v) is 8.37. The summed E-state index contributed by atoms with van der Waals surface area (Å²) in [5.41, 5.74) is -1.42. The van der Waals surface area contributed by atoms with Crippen molar-refractivity contribution in [3.05, 3.63) is 59.7 Å². The van der Waals surface area contributed by atoms with E-state index in [-0.39, 0.29) is 17.7 Å². The molecule has 0 spiro atoms. The smallest absolute Gasteiger partial charge is 0.330 e. The minimum atomic E-state index is -1.45. The van der Waals surface area contributed by atoms with Crippen LogP contribution in [0.15, 0.2) is 26.8 Å². The predicted octanol–water partition coefficient (Wildman–Crippen LogP) is -2.86. The maximum absolute atomic E-state index is 13.3. The quantitative estimate of drug-likeness (QED) is 0.204. The van der Waals surface area contributed by atoms with E-state index >= 15 is 0 Å². The average molecular weight is 520 g/mol. The van der Waals surface area contributed by atoms with Gasteiger partial charge >= 0.3 is 11.4 Å². The highest BCUT2D eigenvalue weighted by Crippen LogP contribution is 2.28. The van der Waals surface area contributed by atoms with Gasteiger partial charge in [0.05, 0.1) is 25.5 Å². The second kappa shape index (κ2) is 11.0. The van der Waals surface area contributed by atoms with E-state index in [9.17, 15) is 34.1 Å². The van der Waals surface area contributed by atoms with Crippen LogP contribution in [0.4, 0.5) is 4.39 Å². The molecule has 0 aliphatic carbocycles. The Morgan fingerprint density at radius 3 is 2.20 bits per heavy atom. The first-order chi connectivity index (χ1) is 16.5. The van der Waals surface area contributed by atoms with E-state index in [1.807, 2.05) is 0 Å². The van der Waals surface area contributed by atoms with Crippen molar-refractivity contribution in [2.45, 2.75) is 56.3 Å². The lowest BCUT2D eigenvalue weighted by Gasteiger charge is -2.17. The van der Waals surface area contributed by atoms with Gasteiger partial charge in [0.15, 0.2) is 12.0 Å². The summed E-state index contributed by atoms with van der Waals surface area (Å²) in [5, 5.41) is 46.6. The largest absolute Gasteiger partial charge is 0.394 e. The number of hydrogen-bond donors (Lipinski definition) is 7. The molecule has 14 nitrogen and oxygen atoms in total. The molecule has 194 valence electrons. The standard InChI is InChI=1S/C10H14N2O5.C9H11FN2O5S/c1-5-3-12(10(16)11-9(5)15)8-2-6(14)7(4-13)17-8;10-3-1-12(9(16)11-7(3)18)8-6(15)5(14)4(2-13)17-8/h3,6-8,13-14H,2,4H2,1H3,(H,11,15,16);1,4-6,8,13-15H,2H2,(H,11,16,18)/t6?,7-,8-;4-,5?,6+,8-/m11/s1. The van der Waals surface area contributed by atoms with Crippen molar-refractivity contribution < 1.29 is 39.4 Å². The number of aromatic nitrogens is 4. The second-order valence-electron chi connectivity index (χ2n) is 7.97. The molecule has 2 saturated heterocycles. The zero-order valence-electron chi connectivity index (χ0n) is 18.3. The predicted molar refractivity (Wildman–Crippen MR) is 117 cm³/mol. The summed E-state index contributed by atoms with van der Waals surface area (Å²) in [6.07, 6.45) is -4.94. The van der Waals surface area contributed by atoms with E-state index in [1.54, 1.807) is 6.92 Å². The van der Waals surface area contributed by atoms with E-state index in [0.29, 0.717) is 5.56 Å². The van der Waals surface area contributed by atoms with Crippen LogP contribution in [0.5, 0.6) is 0 Å². The first kappa shape index (κ1) is 27.0. The molecule has 7 N–H and O–H groups in total. The average Bonchev–Trinajstić information content (AvgIpc) is 3.32. The minimum Gasteiger partial charge on any atom is -0.394 e. The lowest BCUT2D eigenvalue weighted by atomic mass is 10.1. The van der Waals surface area contributed by atoms with Gasteiger partial charge in [-0.05, 0) is 6.92 Å². The Labute approximate surface area is 200 Å². The highest BCUT2D eigenvalue weighted by Gasteiger charge is 2.43. The van der Waals surface area contributed by atoms with Crippen LogP contribution in [-0.4, -0.2) is 88.4 Å². The van der Waals surface area contributed by atoms with Gasteiger partial charge in [0.1, 0.15) is 35.3 Å². The topological polar surface area (TPSA) is 212 Å². The Bertz CT molecular complexity index is 1280. The van der Waals surface area contributed by atoms with Crippen molar-refractivity contribution in [2.75, 3.05) is 13.2 Å². The molecule has 2 aliphatic heterocycles.